The molecule has 34 heavy (non-hydrogen) atoms. The number of carbonyl (C=O) groups excluding carboxylic acids is 2. The van der Waals surface area contributed by atoms with E-state index in [0.717, 1.165) is 24.9 Å². The van der Waals surface area contributed by atoms with E-state index in [2.05, 4.69) is 41.8 Å². The maximum Gasteiger partial charge on any atom is 0.255 e. The Hall–Kier alpha value is -2.90. The van der Waals surface area contributed by atoms with Crippen LogP contribution in [-0.4, -0.2) is 69.3 Å². The second-order valence-electron chi connectivity index (χ2n) is 9.30. The van der Waals surface area contributed by atoms with Gasteiger partial charge in [0, 0.05) is 25.7 Å². The maximum absolute atomic E-state index is 12.8. The average Bonchev–Trinajstić information content (AvgIpc) is 3.29. The number of nitrogens with one attached hydrogen (secondary N) is 2. The van der Waals surface area contributed by atoms with Crippen LogP contribution in [0.3, 0.4) is 0 Å². The normalized spacial score (nSPS) is 16.7. The zero-order valence-electron chi connectivity index (χ0n) is 20.1. The maximum atomic E-state index is 12.8. The molecule has 0 saturated carbocycles. The van der Waals surface area contributed by atoms with Crippen LogP contribution in [0.4, 0.5) is 0 Å². The molecule has 2 aliphatic rings. The predicted molar refractivity (Wildman–Crippen MR) is 131 cm³/mol. The van der Waals surface area contributed by atoms with Crippen LogP contribution in [0.15, 0.2) is 42.5 Å². The summed E-state index contributed by atoms with van der Waals surface area (Å²) in [6, 6.07) is 14.4. The van der Waals surface area contributed by atoms with Crippen molar-refractivity contribution in [3.05, 3.63) is 64.7 Å². The summed E-state index contributed by atoms with van der Waals surface area (Å²) >= 11 is 0. The lowest BCUT2D eigenvalue weighted by atomic mass is 10.1. The van der Waals surface area contributed by atoms with E-state index in [0.29, 0.717) is 56.1 Å². The lowest BCUT2D eigenvalue weighted by Gasteiger charge is -2.27. The van der Waals surface area contributed by atoms with Crippen molar-refractivity contribution < 1.29 is 19.1 Å². The molecule has 1 fully saturated rings. The third-order valence-corrected chi connectivity index (χ3v) is 6.65. The number of morpholine rings is 1. The van der Waals surface area contributed by atoms with Crippen LogP contribution < -0.4 is 15.4 Å². The molecule has 0 bridgehead atoms. The van der Waals surface area contributed by atoms with E-state index in [4.69, 9.17) is 9.47 Å². The largest absolute Gasteiger partial charge is 0.496 e. The topological polar surface area (TPSA) is 79.9 Å². The molecule has 1 aliphatic carbocycles. The first-order valence-electron chi connectivity index (χ1n) is 12.1. The number of ether oxygens (including phenoxy) is 2. The zero-order valence-corrected chi connectivity index (χ0v) is 20.1. The lowest BCUT2D eigenvalue weighted by Crippen LogP contribution is -2.41. The summed E-state index contributed by atoms with van der Waals surface area (Å²) in [6.07, 6.45) is 2.41. The van der Waals surface area contributed by atoms with Crippen LogP contribution in [0.1, 0.15) is 34.0 Å². The molecule has 1 heterocycles. The summed E-state index contributed by atoms with van der Waals surface area (Å²) in [6.45, 7) is 5.96. The fourth-order valence-corrected chi connectivity index (χ4v) is 4.64. The second-order valence-corrected chi connectivity index (χ2v) is 9.30. The molecule has 4 rings (SSSR count). The molecule has 2 aromatic rings. The smallest absolute Gasteiger partial charge is 0.255 e. The average molecular weight is 466 g/mol. The predicted octanol–water partition coefficient (Wildman–Crippen LogP) is 2.22. The number of hydrogen-bond donors (Lipinski definition) is 2. The number of benzene rings is 2. The van der Waals surface area contributed by atoms with Crippen molar-refractivity contribution in [3.63, 3.8) is 0 Å². The second kappa shape index (κ2) is 11.5. The fraction of sp³-hybridized carbons (Fsp3) is 0.481. The van der Waals surface area contributed by atoms with Crippen LogP contribution in [0, 0.1) is 5.92 Å². The van der Waals surface area contributed by atoms with Gasteiger partial charge in [-0.05, 0) is 54.1 Å². The monoisotopic (exact) mass is 465 g/mol. The van der Waals surface area contributed by atoms with Crippen LogP contribution >= 0.6 is 0 Å². The molecule has 0 spiro atoms. The molecule has 7 nitrogen and oxygen atoms in total. The highest BCUT2D eigenvalue weighted by atomic mass is 16.5. The van der Waals surface area contributed by atoms with E-state index in [9.17, 15) is 9.59 Å². The minimum absolute atomic E-state index is 0.0641. The molecule has 2 aromatic carbocycles. The quantitative estimate of drug-likeness (QED) is 0.594. The Bertz CT molecular complexity index is 978. The standard InChI is InChI=1S/C27H35N3O4/c1-19(17-28-23-15-21-5-3-4-6-22(21)16-23)18-29-27(32)24-8-7-20(13-25(24)33-2)14-26(31)30-9-11-34-12-10-30/h3-8,13,19,23,28H,9-12,14-18H2,1-2H3,(H,29,32)/t19-/m0/s1. The number of nitrogens with zero attached hydrogens (tertiary/aromatic N) is 1. The van der Waals surface area contributed by atoms with Gasteiger partial charge in [0.15, 0.2) is 0 Å². The van der Waals surface area contributed by atoms with Crippen LogP contribution in [0.2, 0.25) is 0 Å². The number of amides is 2. The van der Waals surface area contributed by atoms with Crippen molar-refractivity contribution >= 4 is 11.8 Å². The van der Waals surface area contributed by atoms with E-state index in [-0.39, 0.29) is 18.2 Å². The molecular weight excluding hydrogens is 430 g/mol. The third kappa shape index (κ3) is 6.15. The van der Waals surface area contributed by atoms with Gasteiger partial charge in [-0.3, -0.25) is 9.59 Å². The molecule has 0 unspecified atom stereocenters. The molecular formula is C27H35N3O4. The minimum atomic E-state index is -0.164. The van der Waals surface area contributed by atoms with Crippen LogP contribution in [0.25, 0.3) is 0 Å². The van der Waals surface area contributed by atoms with E-state index in [1.54, 1.807) is 19.2 Å². The minimum Gasteiger partial charge on any atom is -0.496 e. The third-order valence-electron chi connectivity index (χ3n) is 6.65. The summed E-state index contributed by atoms with van der Waals surface area (Å²) in [5.41, 5.74) is 4.18. The SMILES string of the molecule is COc1cc(CC(=O)N2CCOCC2)ccc1C(=O)NC[C@@H](C)CNC1Cc2ccccc2C1. The van der Waals surface area contributed by atoms with Crippen LogP contribution in [0.5, 0.6) is 5.75 Å². The van der Waals surface area contributed by atoms with E-state index >= 15 is 0 Å². The van der Waals surface area contributed by atoms with Crippen molar-refractivity contribution in [1.29, 1.82) is 0 Å². The Labute approximate surface area is 201 Å². The molecule has 2 N–H and O–H groups in total. The first-order valence-corrected chi connectivity index (χ1v) is 12.1. The summed E-state index contributed by atoms with van der Waals surface area (Å²) in [5, 5.41) is 6.68. The van der Waals surface area contributed by atoms with Gasteiger partial charge in [0.05, 0.1) is 32.3 Å². The molecule has 7 heteroatoms. The molecule has 1 atom stereocenters. The Morgan fingerprint density at radius 2 is 1.79 bits per heavy atom. The van der Waals surface area contributed by atoms with Gasteiger partial charge in [-0.2, -0.15) is 0 Å². The molecule has 182 valence electrons. The summed E-state index contributed by atoms with van der Waals surface area (Å²) in [5.74, 6) is 0.681. The number of carbonyl (C=O) groups is 2. The highest BCUT2D eigenvalue weighted by molar-refractivity contribution is 5.97. The van der Waals surface area contributed by atoms with Gasteiger partial charge in [0.25, 0.3) is 5.91 Å². The van der Waals surface area contributed by atoms with E-state index in [1.165, 1.54) is 11.1 Å². The molecule has 0 aromatic heterocycles. The number of methoxy groups -OCH3 is 1. The van der Waals surface area contributed by atoms with Gasteiger partial charge in [0.1, 0.15) is 5.75 Å². The number of fused-ring (bicyclic) bond motifs is 1. The van der Waals surface area contributed by atoms with Crippen molar-refractivity contribution in [3.8, 4) is 5.75 Å². The van der Waals surface area contributed by atoms with Crippen molar-refractivity contribution in [2.75, 3.05) is 46.5 Å². The summed E-state index contributed by atoms with van der Waals surface area (Å²) in [4.78, 5) is 27.2. The van der Waals surface area contributed by atoms with Gasteiger partial charge in [-0.25, -0.2) is 0 Å². The van der Waals surface area contributed by atoms with Gasteiger partial charge in [-0.1, -0.05) is 37.3 Å². The van der Waals surface area contributed by atoms with Crippen molar-refractivity contribution in [1.82, 2.24) is 15.5 Å². The van der Waals surface area contributed by atoms with Gasteiger partial charge in [-0.15, -0.1) is 0 Å². The Morgan fingerprint density at radius 3 is 2.47 bits per heavy atom. The van der Waals surface area contributed by atoms with Gasteiger partial charge >= 0.3 is 0 Å². The highest BCUT2D eigenvalue weighted by Gasteiger charge is 2.22. The first kappa shape index (κ1) is 24.2. The molecule has 2 amide bonds. The Morgan fingerprint density at radius 1 is 1.09 bits per heavy atom. The van der Waals surface area contributed by atoms with Crippen LogP contribution in [-0.2, 0) is 28.8 Å². The summed E-state index contributed by atoms with van der Waals surface area (Å²) < 4.78 is 10.8. The lowest BCUT2D eigenvalue weighted by molar-refractivity contribution is -0.134. The molecule has 0 radical (unpaired) electrons. The Kier molecular flexibility index (Phi) is 8.19. The van der Waals surface area contributed by atoms with Crippen molar-refractivity contribution in [2.45, 2.75) is 32.2 Å². The first-order chi connectivity index (χ1) is 16.5. The molecule has 1 aliphatic heterocycles. The van der Waals surface area contributed by atoms with E-state index in [1.807, 2.05) is 11.0 Å². The highest BCUT2D eigenvalue weighted by Crippen LogP contribution is 2.22. The fourth-order valence-electron chi connectivity index (χ4n) is 4.64. The number of hydrogen-bond acceptors (Lipinski definition) is 5. The van der Waals surface area contributed by atoms with E-state index < -0.39 is 0 Å². The van der Waals surface area contributed by atoms with Crippen molar-refractivity contribution in [2.24, 2.45) is 5.92 Å². The Balaban J connectivity index is 1.24. The number of rotatable bonds is 9. The summed E-state index contributed by atoms with van der Waals surface area (Å²) in [7, 11) is 1.55. The van der Waals surface area contributed by atoms with Gasteiger partial charge < -0.3 is 25.0 Å². The zero-order chi connectivity index (χ0) is 23.9. The molecule has 1 saturated heterocycles. The van der Waals surface area contributed by atoms with Gasteiger partial charge in [0.2, 0.25) is 5.91 Å².